The van der Waals surface area contributed by atoms with E-state index in [9.17, 15) is 19.5 Å². The molecule has 0 unspecified atom stereocenters. The van der Waals surface area contributed by atoms with E-state index < -0.39 is 24.0 Å². The maximum Gasteiger partial charge on any atom is 0.339 e. The molecule has 0 spiro atoms. The van der Waals surface area contributed by atoms with Gasteiger partial charge in [-0.2, -0.15) is 0 Å². The van der Waals surface area contributed by atoms with Gasteiger partial charge in [0.2, 0.25) is 0 Å². The molecule has 1 aromatic carbocycles. The monoisotopic (exact) mass is 386 g/mol. The molecular formula is C21H24NO6-. The highest BCUT2D eigenvalue weighted by Crippen LogP contribution is 2.33. The molecule has 1 amide bonds. The van der Waals surface area contributed by atoms with E-state index in [0.29, 0.717) is 16.9 Å². The fourth-order valence-electron chi connectivity index (χ4n) is 3.60. The molecule has 0 aliphatic heterocycles. The van der Waals surface area contributed by atoms with Crippen LogP contribution in [0.1, 0.15) is 43.9 Å². The topological polar surface area (TPSA) is 109 Å². The van der Waals surface area contributed by atoms with Crippen LogP contribution >= 0.6 is 0 Å². The summed E-state index contributed by atoms with van der Waals surface area (Å²) in [6, 6.07) is 2.49. The summed E-state index contributed by atoms with van der Waals surface area (Å²) in [5, 5.41) is 14.5. The molecule has 2 aromatic rings. The van der Waals surface area contributed by atoms with Crippen molar-refractivity contribution in [1.29, 1.82) is 0 Å². The number of carboxylic acids is 1. The fraction of sp³-hybridized carbons (Fsp3) is 0.476. The molecule has 150 valence electrons. The van der Waals surface area contributed by atoms with Crippen LogP contribution in [-0.2, 0) is 22.4 Å². The normalized spacial score (nSPS) is 15.3. The van der Waals surface area contributed by atoms with Crippen LogP contribution in [0.15, 0.2) is 21.3 Å². The van der Waals surface area contributed by atoms with E-state index in [0.717, 1.165) is 35.8 Å². The van der Waals surface area contributed by atoms with E-state index in [1.54, 1.807) is 26.8 Å². The Hall–Kier alpha value is -2.83. The van der Waals surface area contributed by atoms with E-state index in [4.69, 9.17) is 9.15 Å². The molecule has 1 heterocycles. The predicted octanol–water partition coefficient (Wildman–Crippen LogP) is 1.25. The molecule has 28 heavy (non-hydrogen) atoms. The van der Waals surface area contributed by atoms with Crippen molar-refractivity contribution in [1.82, 2.24) is 5.32 Å². The third kappa shape index (κ3) is 3.61. The molecule has 0 bridgehead atoms. The first-order chi connectivity index (χ1) is 13.2. The second-order valence-electron chi connectivity index (χ2n) is 7.57. The van der Waals surface area contributed by atoms with Crippen LogP contribution in [0.4, 0.5) is 0 Å². The van der Waals surface area contributed by atoms with E-state index in [1.807, 2.05) is 6.07 Å². The average molecular weight is 386 g/mol. The molecule has 1 aliphatic rings. The lowest BCUT2D eigenvalue weighted by atomic mass is 10.0. The van der Waals surface area contributed by atoms with Crippen molar-refractivity contribution in [3.63, 3.8) is 0 Å². The summed E-state index contributed by atoms with van der Waals surface area (Å²) >= 11 is 0. The zero-order chi connectivity index (χ0) is 20.6. The van der Waals surface area contributed by atoms with Crippen LogP contribution < -0.4 is 20.8 Å². The average Bonchev–Trinajstić information content (AvgIpc) is 3.12. The largest absolute Gasteiger partial charge is 0.548 e. The Labute approximate surface area is 162 Å². The summed E-state index contributed by atoms with van der Waals surface area (Å²) in [7, 11) is 0. The molecule has 2 atom stereocenters. The number of hydrogen-bond acceptors (Lipinski definition) is 6. The number of amides is 1. The molecule has 1 aromatic heterocycles. The van der Waals surface area contributed by atoms with Crippen LogP contribution in [0, 0.1) is 12.8 Å². The Morgan fingerprint density at radius 2 is 1.86 bits per heavy atom. The van der Waals surface area contributed by atoms with Crippen LogP contribution in [0.2, 0.25) is 0 Å². The lowest BCUT2D eigenvalue weighted by Crippen LogP contribution is -2.53. The number of hydrogen-bond donors (Lipinski definition) is 1. The van der Waals surface area contributed by atoms with Gasteiger partial charge in [0.25, 0.3) is 5.91 Å². The Kier molecular flexibility index (Phi) is 5.45. The van der Waals surface area contributed by atoms with Crippen molar-refractivity contribution in [2.75, 3.05) is 0 Å². The number of rotatable bonds is 6. The Morgan fingerprint density at radius 3 is 2.50 bits per heavy atom. The van der Waals surface area contributed by atoms with Gasteiger partial charge in [-0.15, -0.1) is 0 Å². The third-order valence-electron chi connectivity index (χ3n) is 5.23. The number of ether oxygens (including phenoxy) is 1. The van der Waals surface area contributed by atoms with Gasteiger partial charge in [-0.25, -0.2) is 4.79 Å². The summed E-state index contributed by atoms with van der Waals surface area (Å²) in [5.41, 5.74) is 2.55. The number of carbonyl (C=O) groups excluding carboxylic acids is 2. The van der Waals surface area contributed by atoms with Crippen molar-refractivity contribution < 1.29 is 23.8 Å². The maximum absolute atomic E-state index is 12.3. The SMILES string of the molecule is Cc1c(O[C@H](C)C(=O)N[C@H](C(=O)[O-])C(C)C)ccc2c3c(c(=O)oc12)CCC3. The van der Waals surface area contributed by atoms with Crippen LogP contribution in [0.5, 0.6) is 5.75 Å². The van der Waals surface area contributed by atoms with Gasteiger partial charge in [-0.1, -0.05) is 13.8 Å². The highest BCUT2D eigenvalue weighted by Gasteiger charge is 2.24. The molecule has 1 aliphatic carbocycles. The molecule has 0 radical (unpaired) electrons. The quantitative estimate of drug-likeness (QED) is 0.749. The molecule has 3 rings (SSSR count). The molecule has 1 N–H and O–H groups in total. The molecule has 0 saturated heterocycles. The lowest BCUT2D eigenvalue weighted by Gasteiger charge is -2.25. The molecule has 0 saturated carbocycles. The second-order valence-corrected chi connectivity index (χ2v) is 7.57. The highest BCUT2D eigenvalue weighted by atomic mass is 16.5. The molecule has 0 fully saturated rings. The van der Waals surface area contributed by atoms with Gasteiger partial charge in [0.1, 0.15) is 11.3 Å². The second kappa shape index (κ2) is 7.66. The van der Waals surface area contributed by atoms with Gasteiger partial charge >= 0.3 is 5.63 Å². The van der Waals surface area contributed by atoms with Crippen LogP contribution in [0.25, 0.3) is 11.0 Å². The molecule has 7 nitrogen and oxygen atoms in total. The predicted molar refractivity (Wildman–Crippen MR) is 101 cm³/mol. The fourth-order valence-corrected chi connectivity index (χ4v) is 3.60. The third-order valence-corrected chi connectivity index (χ3v) is 5.23. The van der Waals surface area contributed by atoms with Crippen molar-refractivity contribution in [3.05, 3.63) is 39.2 Å². The maximum atomic E-state index is 12.3. The Balaban J connectivity index is 1.85. The Bertz CT molecular complexity index is 991. The highest BCUT2D eigenvalue weighted by molar-refractivity contribution is 5.88. The van der Waals surface area contributed by atoms with E-state index in [2.05, 4.69) is 5.32 Å². The number of aliphatic carboxylic acids is 1. The number of benzene rings is 1. The zero-order valence-electron chi connectivity index (χ0n) is 16.5. The molecule has 7 heteroatoms. The van der Waals surface area contributed by atoms with E-state index in [-0.39, 0.29) is 11.5 Å². The van der Waals surface area contributed by atoms with Gasteiger partial charge in [0, 0.05) is 16.5 Å². The van der Waals surface area contributed by atoms with Gasteiger partial charge in [0.05, 0.1) is 12.0 Å². The summed E-state index contributed by atoms with van der Waals surface area (Å²) in [4.78, 5) is 35.8. The van der Waals surface area contributed by atoms with Crippen molar-refractivity contribution in [2.24, 2.45) is 5.92 Å². The lowest BCUT2D eigenvalue weighted by molar-refractivity contribution is -0.309. The number of nitrogens with one attached hydrogen (secondary N) is 1. The minimum atomic E-state index is -1.34. The smallest absolute Gasteiger partial charge is 0.339 e. The van der Waals surface area contributed by atoms with E-state index >= 15 is 0 Å². The Morgan fingerprint density at radius 1 is 1.18 bits per heavy atom. The summed E-state index contributed by atoms with van der Waals surface area (Å²) in [6.07, 6.45) is 1.58. The first-order valence-electron chi connectivity index (χ1n) is 9.46. The number of carboxylic acid groups (broad SMARTS) is 1. The zero-order valence-corrected chi connectivity index (χ0v) is 16.5. The van der Waals surface area contributed by atoms with Crippen molar-refractivity contribution in [3.8, 4) is 5.75 Å². The van der Waals surface area contributed by atoms with Gasteiger partial charge < -0.3 is 24.4 Å². The van der Waals surface area contributed by atoms with Crippen LogP contribution in [0.3, 0.4) is 0 Å². The van der Waals surface area contributed by atoms with Crippen molar-refractivity contribution >= 4 is 22.8 Å². The van der Waals surface area contributed by atoms with Gasteiger partial charge in [-0.05, 0) is 56.7 Å². The van der Waals surface area contributed by atoms with Crippen molar-refractivity contribution in [2.45, 2.75) is 59.1 Å². The summed E-state index contributed by atoms with van der Waals surface area (Å²) < 4.78 is 11.3. The van der Waals surface area contributed by atoms with Gasteiger partial charge in [0.15, 0.2) is 6.10 Å². The first-order valence-corrected chi connectivity index (χ1v) is 9.46. The summed E-state index contributed by atoms with van der Waals surface area (Å²) in [6.45, 7) is 6.66. The van der Waals surface area contributed by atoms with E-state index in [1.165, 1.54) is 6.92 Å². The summed E-state index contributed by atoms with van der Waals surface area (Å²) in [5.74, 6) is -1.81. The van der Waals surface area contributed by atoms with Gasteiger partial charge in [-0.3, -0.25) is 4.79 Å². The standard InChI is InChI=1S/C21H25NO6/c1-10(2)17(20(24)25)22-19(23)12(4)27-16-9-8-14-13-6-5-7-15(13)21(26)28-18(14)11(16)3/h8-10,12,17H,5-7H2,1-4H3,(H,22,23)(H,24,25)/p-1/t12-,17+/m1/s1. The minimum absolute atomic E-state index is 0.320. The molecular weight excluding hydrogens is 362 g/mol. The first kappa shape index (κ1) is 19.9. The minimum Gasteiger partial charge on any atom is -0.548 e. The number of carbonyl (C=O) groups is 2. The van der Waals surface area contributed by atoms with Crippen LogP contribution in [-0.4, -0.2) is 24.0 Å². The number of fused-ring (bicyclic) bond motifs is 3. The number of aryl methyl sites for hydroxylation is 2.